The topological polar surface area (TPSA) is 38.7 Å². The molecule has 0 spiro atoms. The average Bonchev–Trinajstić information content (AvgIpc) is 2.34. The molecule has 1 rings (SSSR count). The quantitative estimate of drug-likeness (QED) is 0.564. The molecule has 0 aromatic heterocycles. The van der Waals surface area contributed by atoms with Crippen molar-refractivity contribution < 1.29 is 14.6 Å². The zero-order valence-electron chi connectivity index (χ0n) is 9.50. The Morgan fingerprint density at radius 2 is 2.06 bits per heavy atom. The van der Waals surface area contributed by atoms with Crippen molar-refractivity contribution in [3.63, 3.8) is 0 Å². The van der Waals surface area contributed by atoms with Crippen LogP contribution in [0.2, 0.25) is 0 Å². The van der Waals surface area contributed by atoms with E-state index < -0.39 is 0 Å². The molecule has 0 radical (unpaired) electrons. The summed E-state index contributed by atoms with van der Waals surface area (Å²) in [5.41, 5.74) is 1.20. The van der Waals surface area contributed by atoms with Gasteiger partial charge in [0.25, 0.3) is 0 Å². The Labute approximate surface area is 96.3 Å². The SMILES string of the molecule is COCO[C@H](/C=C/CO)Cc1ccccc1. The van der Waals surface area contributed by atoms with Crippen LogP contribution in [0.5, 0.6) is 0 Å². The second-order valence-corrected chi connectivity index (χ2v) is 3.41. The van der Waals surface area contributed by atoms with Gasteiger partial charge in [-0.1, -0.05) is 42.5 Å². The number of hydrogen-bond donors (Lipinski definition) is 1. The number of aliphatic hydroxyl groups is 1. The van der Waals surface area contributed by atoms with Gasteiger partial charge >= 0.3 is 0 Å². The molecular formula is C13H18O3. The molecule has 0 heterocycles. The minimum atomic E-state index is -0.0606. The predicted molar refractivity (Wildman–Crippen MR) is 63.1 cm³/mol. The maximum Gasteiger partial charge on any atom is 0.147 e. The van der Waals surface area contributed by atoms with Crippen LogP contribution < -0.4 is 0 Å². The highest BCUT2D eigenvalue weighted by Gasteiger charge is 2.05. The molecule has 0 amide bonds. The van der Waals surface area contributed by atoms with Crippen molar-refractivity contribution in [3.05, 3.63) is 48.0 Å². The molecular weight excluding hydrogens is 204 g/mol. The van der Waals surface area contributed by atoms with E-state index in [2.05, 4.69) is 12.1 Å². The molecule has 3 heteroatoms. The van der Waals surface area contributed by atoms with Gasteiger partial charge < -0.3 is 14.6 Å². The first-order valence-electron chi connectivity index (χ1n) is 5.28. The van der Waals surface area contributed by atoms with E-state index in [0.29, 0.717) is 0 Å². The summed E-state index contributed by atoms with van der Waals surface area (Å²) in [5.74, 6) is 0. The zero-order valence-corrected chi connectivity index (χ0v) is 9.50. The fraction of sp³-hybridized carbons (Fsp3) is 0.385. The van der Waals surface area contributed by atoms with Gasteiger partial charge in [0.2, 0.25) is 0 Å². The van der Waals surface area contributed by atoms with Gasteiger partial charge in [-0.05, 0) is 5.56 Å². The predicted octanol–water partition coefficient (Wildman–Crippen LogP) is 1.77. The van der Waals surface area contributed by atoms with Crippen LogP contribution in [0.1, 0.15) is 5.56 Å². The Morgan fingerprint density at radius 3 is 2.69 bits per heavy atom. The molecule has 0 aliphatic rings. The minimum absolute atomic E-state index is 0.0294. The highest BCUT2D eigenvalue weighted by Crippen LogP contribution is 2.07. The van der Waals surface area contributed by atoms with Crippen molar-refractivity contribution in [2.75, 3.05) is 20.5 Å². The number of hydrogen-bond acceptors (Lipinski definition) is 3. The second kappa shape index (κ2) is 8.05. The Morgan fingerprint density at radius 1 is 1.31 bits per heavy atom. The van der Waals surface area contributed by atoms with E-state index >= 15 is 0 Å². The monoisotopic (exact) mass is 222 g/mol. The summed E-state index contributed by atoms with van der Waals surface area (Å²) in [7, 11) is 1.59. The molecule has 3 nitrogen and oxygen atoms in total. The van der Waals surface area contributed by atoms with Crippen LogP contribution in [0.4, 0.5) is 0 Å². The lowest BCUT2D eigenvalue weighted by atomic mass is 10.1. The molecule has 0 aliphatic heterocycles. The fourth-order valence-electron chi connectivity index (χ4n) is 1.40. The summed E-state index contributed by atoms with van der Waals surface area (Å²) in [6.45, 7) is 0.287. The van der Waals surface area contributed by atoms with Crippen molar-refractivity contribution >= 4 is 0 Å². The Balaban J connectivity index is 2.52. The van der Waals surface area contributed by atoms with Gasteiger partial charge in [-0.3, -0.25) is 0 Å². The molecule has 0 saturated carbocycles. The van der Waals surface area contributed by atoms with Gasteiger partial charge in [0.1, 0.15) is 6.79 Å². The first-order valence-corrected chi connectivity index (χ1v) is 5.28. The van der Waals surface area contributed by atoms with Crippen molar-refractivity contribution in [1.29, 1.82) is 0 Å². The number of ether oxygens (including phenoxy) is 2. The number of aliphatic hydroxyl groups excluding tert-OH is 1. The number of rotatable bonds is 7. The molecule has 88 valence electrons. The normalized spacial score (nSPS) is 13.1. The third-order valence-corrected chi connectivity index (χ3v) is 2.14. The van der Waals surface area contributed by atoms with Crippen LogP contribution in [0, 0.1) is 0 Å². The van der Waals surface area contributed by atoms with E-state index in [1.807, 2.05) is 24.3 Å². The maximum atomic E-state index is 8.73. The van der Waals surface area contributed by atoms with Gasteiger partial charge in [0.05, 0.1) is 12.7 Å². The van der Waals surface area contributed by atoms with Crippen molar-refractivity contribution in [2.24, 2.45) is 0 Å². The number of methoxy groups -OCH3 is 1. The highest BCUT2D eigenvalue weighted by atomic mass is 16.7. The van der Waals surface area contributed by atoms with Crippen LogP contribution in [-0.2, 0) is 15.9 Å². The lowest BCUT2D eigenvalue weighted by Gasteiger charge is -2.13. The first-order chi connectivity index (χ1) is 7.86. The molecule has 1 aromatic carbocycles. The third-order valence-electron chi connectivity index (χ3n) is 2.14. The minimum Gasteiger partial charge on any atom is -0.392 e. The molecule has 1 atom stereocenters. The lowest BCUT2D eigenvalue weighted by Crippen LogP contribution is -2.15. The molecule has 1 aromatic rings. The van der Waals surface area contributed by atoms with Gasteiger partial charge in [-0.15, -0.1) is 0 Å². The van der Waals surface area contributed by atoms with Crippen LogP contribution in [0.25, 0.3) is 0 Å². The maximum absolute atomic E-state index is 8.73. The summed E-state index contributed by atoms with van der Waals surface area (Å²) in [5, 5.41) is 8.73. The second-order valence-electron chi connectivity index (χ2n) is 3.41. The Kier molecular flexibility index (Phi) is 6.49. The molecule has 0 aliphatic carbocycles. The summed E-state index contributed by atoms with van der Waals surface area (Å²) >= 11 is 0. The lowest BCUT2D eigenvalue weighted by molar-refractivity contribution is -0.0550. The Bertz CT molecular complexity index is 295. The van der Waals surface area contributed by atoms with E-state index in [9.17, 15) is 0 Å². The largest absolute Gasteiger partial charge is 0.392 e. The smallest absolute Gasteiger partial charge is 0.147 e. The molecule has 0 saturated heterocycles. The van der Waals surface area contributed by atoms with Gasteiger partial charge in [-0.2, -0.15) is 0 Å². The molecule has 1 N–H and O–H groups in total. The molecule has 16 heavy (non-hydrogen) atoms. The van der Waals surface area contributed by atoms with Crippen LogP contribution in [0.3, 0.4) is 0 Å². The van der Waals surface area contributed by atoms with Crippen LogP contribution in [-0.4, -0.2) is 31.7 Å². The highest BCUT2D eigenvalue weighted by molar-refractivity contribution is 5.16. The van der Waals surface area contributed by atoms with Crippen molar-refractivity contribution in [2.45, 2.75) is 12.5 Å². The average molecular weight is 222 g/mol. The molecule has 0 bridgehead atoms. The fourth-order valence-corrected chi connectivity index (χ4v) is 1.40. The molecule has 0 fully saturated rings. The summed E-state index contributed by atoms with van der Waals surface area (Å²) in [6.07, 6.45) is 4.25. The zero-order chi connectivity index (χ0) is 11.6. The van der Waals surface area contributed by atoms with Crippen molar-refractivity contribution in [3.8, 4) is 0 Å². The van der Waals surface area contributed by atoms with Crippen LogP contribution >= 0.6 is 0 Å². The van der Waals surface area contributed by atoms with E-state index in [0.717, 1.165) is 6.42 Å². The van der Waals surface area contributed by atoms with E-state index in [1.165, 1.54) is 5.56 Å². The summed E-state index contributed by atoms with van der Waals surface area (Å²) in [6, 6.07) is 10.1. The van der Waals surface area contributed by atoms with Crippen LogP contribution in [0.15, 0.2) is 42.5 Å². The molecule has 0 unspecified atom stereocenters. The van der Waals surface area contributed by atoms with E-state index in [4.69, 9.17) is 14.6 Å². The summed E-state index contributed by atoms with van der Waals surface area (Å²) < 4.78 is 10.3. The van der Waals surface area contributed by atoms with Crippen molar-refractivity contribution in [1.82, 2.24) is 0 Å². The standard InChI is InChI=1S/C13H18O3/c1-15-11-16-13(8-5-9-14)10-12-6-3-2-4-7-12/h2-8,13-14H,9-11H2,1H3/b8-5+/t13-/m1/s1. The van der Waals surface area contributed by atoms with E-state index in [1.54, 1.807) is 13.2 Å². The van der Waals surface area contributed by atoms with Gasteiger partial charge in [0.15, 0.2) is 0 Å². The van der Waals surface area contributed by atoms with Gasteiger partial charge in [-0.25, -0.2) is 0 Å². The summed E-state index contributed by atoms with van der Waals surface area (Å²) in [4.78, 5) is 0. The number of benzene rings is 1. The van der Waals surface area contributed by atoms with E-state index in [-0.39, 0.29) is 19.5 Å². The third kappa shape index (κ3) is 5.07. The first kappa shape index (κ1) is 12.9. The Hall–Kier alpha value is -1.16. The van der Waals surface area contributed by atoms with Gasteiger partial charge in [0, 0.05) is 13.5 Å².